The molecule has 5 heteroatoms. The molecule has 0 unspecified atom stereocenters. The van der Waals surface area contributed by atoms with E-state index in [4.69, 9.17) is 15.0 Å². The highest BCUT2D eigenvalue weighted by atomic mass is 15.0. The number of para-hydroxylation sites is 3. The van der Waals surface area contributed by atoms with Crippen molar-refractivity contribution in [2.45, 2.75) is 19.3 Å². The number of rotatable bonds is 6. The zero-order chi connectivity index (χ0) is 43.2. The van der Waals surface area contributed by atoms with E-state index >= 15 is 0 Å². The third kappa shape index (κ3) is 5.75. The van der Waals surface area contributed by atoms with Crippen LogP contribution in [0.15, 0.2) is 212 Å². The molecule has 0 saturated carbocycles. The van der Waals surface area contributed by atoms with Crippen molar-refractivity contribution in [3.63, 3.8) is 0 Å². The molecular formula is C60H41N5. The largest absolute Gasteiger partial charge is 0.309 e. The second-order valence-corrected chi connectivity index (χ2v) is 17.6. The second-order valence-electron chi connectivity index (χ2n) is 17.6. The molecular weight excluding hydrogens is 791 g/mol. The van der Waals surface area contributed by atoms with E-state index < -0.39 is 0 Å². The van der Waals surface area contributed by atoms with Crippen LogP contribution in [0.1, 0.15) is 25.0 Å². The van der Waals surface area contributed by atoms with Gasteiger partial charge in [-0.2, -0.15) is 0 Å². The summed E-state index contributed by atoms with van der Waals surface area (Å²) in [6.45, 7) is 4.63. The zero-order valence-corrected chi connectivity index (χ0v) is 35.9. The average molecular weight is 832 g/mol. The van der Waals surface area contributed by atoms with E-state index in [2.05, 4.69) is 217 Å². The van der Waals surface area contributed by atoms with Crippen LogP contribution in [0.5, 0.6) is 0 Å². The van der Waals surface area contributed by atoms with Crippen molar-refractivity contribution in [1.29, 1.82) is 0 Å². The Morgan fingerprint density at radius 2 is 0.785 bits per heavy atom. The molecule has 306 valence electrons. The fraction of sp³-hybridized carbons (Fsp3) is 0.0500. The van der Waals surface area contributed by atoms with Crippen molar-refractivity contribution in [3.8, 4) is 67.8 Å². The molecule has 0 radical (unpaired) electrons. The lowest BCUT2D eigenvalue weighted by molar-refractivity contribution is 0.660. The summed E-state index contributed by atoms with van der Waals surface area (Å²) in [5.41, 5.74) is 16.7. The predicted octanol–water partition coefficient (Wildman–Crippen LogP) is 15.0. The van der Waals surface area contributed by atoms with Crippen LogP contribution in [0.4, 0.5) is 0 Å². The Kier molecular flexibility index (Phi) is 8.18. The summed E-state index contributed by atoms with van der Waals surface area (Å²) < 4.78 is 4.80. The quantitative estimate of drug-likeness (QED) is 0.168. The fourth-order valence-corrected chi connectivity index (χ4v) is 10.5. The van der Waals surface area contributed by atoms with E-state index in [1.54, 1.807) is 0 Å². The Balaban J connectivity index is 1.05. The van der Waals surface area contributed by atoms with Gasteiger partial charge >= 0.3 is 0 Å². The first-order chi connectivity index (χ1) is 32.0. The molecule has 3 heterocycles. The average Bonchev–Trinajstić information content (AvgIpc) is 3.96. The second kappa shape index (κ2) is 14.3. The molecule has 3 aromatic heterocycles. The van der Waals surface area contributed by atoms with Crippen molar-refractivity contribution < 1.29 is 0 Å². The van der Waals surface area contributed by atoms with E-state index in [-0.39, 0.29) is 5.41 Å². The molecule has 0 saturated heterocycles. The number of hydrogen-bond donors (Lipinski definition) is 0. The highest BCUT2D eigenvalue weighted by Crippen LogP contribution is 2.49. The van der Waals surface area contributed by atoms with Crippen LogP contribution in [-0.4, -0.2) is 24.1 Å². The predicted molar refractivity (Wildman–Crippen MR) is 268 cm³/mol. The van der Waals surface area contributed by atoms with Gasteiger partial charge < -0.3 is 9.13 Å². The third-order valence-electron chi connectivity index (χ3n) is 13.6. The Morgan fingerprint density at radius 3 is 1.46 bits per heavy atom. The minimum Gasteiger partial charge on any atom is -0.309 e. The minimum absolute atomic E-state index is 0.168. The van der Waals surface area contributed by atoms with Gasteiger partial charge in [0, 0.05) is 55.0 Å². The van der Waals surface area contributed by atoms with Crippen molar-refractivity contribution in [2.75, 3.05) is 0 Å². The molecule has 5 nitrogen and oxygen atoms in total. The summed E-state index contributed by atoms with van der Waals surface area (Å²) in [6, 6.07) is 76.1. The van der Waals surface area contributed by atoms with Gasteiger partial charge in [-0.05, 0) is 81.9 Å². The fourth-order valence-electron chi connectivity index (χ4n) is 10.5. The van der Waals surface area contributed by atoms with E-state index in [0.29, 0.717) is 17.5 Å². The van der Waals surface area contributed by atoms with Gasteiger partial charge in [-0.15, -0.1) is 0 Å². The van der Waals surface area contributed by atoms with E-state index in [1.165, 1.54) is 54.8 Å². The smallest absolute Gasteiger partial charge is 0.164 e. The highest BCUT2D eigenvalue weighted by Gasteiger charge is 2.35. The zero-order valence-electron chi connectivity index (χ0n) is 35.9. The molecule has 0 N–H and O–H groups in total. The van der Waals surface area contributed by atoms with Gasteiger partial charge in [0.1, 0.15) is 0 Å². The van der Waals surface area contributed by atoms with Gasteiger partial charge in [-0.3, -0.25) is 0 Å². The Hall–Kier alpha value is -8.41. The van der Waals surface area contributed by atoms with Gasteiger partial charge in [0.25, 0.3) is 0 Å². The van der Waals surface area contributed by atoms with Crippen LogP contribution in [0.25, 0.3) is 111 Å². The third-order valence-corrected chi connectivity index (χ3v) is 13.6. The lowest BCUT2D eigenvalue weighted by atomic mass is 9.82. The maximum Gasteiger partial charge on any atom is 0.164 e. The molecule has 0 atom stereocenters. The summed E-state index contributed by atoms with van der Waals surface area (Å²) in [7, 11) is 0. The minimum atomic E-state index is -0.168. The Labute approximate surface area is 376 Å². The Morgan fingerprint density at radius 1 is 0.308 bits per heavy atom. The standard InChI is InChI=1S/C60H41N5/c1-60(2)51-25-13-9-21-44(51)45-32-29-40(35-52(45)60)58-61-57(39-19-7-4-8-20-39)62-59(63-58)50-36-41(30-33-43(50)38-17-5-3-6-18-38)65-55-28-16-12-24-48(55)49-34-31-42(37-56(49)65)64-53-26-14-10-22-46(53)47-23-11-15-27-54(47)64/h3-37H,1-2H3. The van der Waals surface area contributed by atoms with Gasteiger partial charge in [0.2, 0.25) is 0 Å². The van der Waals surface area contributed by atoms with Gasteiger partial charge in [-0.25, -0.2) is 15.0 Å². The molecule has 0 spiro atoms. The topological polar surface area (TPSA) is 48.5 Å². The molecule has 12 aromatic rings. The molecule has 65 heavy (non-hydrogen) atoms. The summed E-state index contributed by atoms with van der Waals surface area (Å²) >= 11 is 0. The summed E-state index contributed by atoms with van der Waals surface area (Å²) in [5.74, 6) is 1.88. The molecule has 0 amide bonds. The van der Waals surface area contributed by atoms with E-state index in [9.17, 15) is 0 Å². The lowest BCUT2D eigenvalue weighted by Gasteiger charge is -2.22. The number of benzene rings is 9. The van der Waals surface area contributed by atoms with Crippen LogP contribution in [0.3, 0.4) is 0 Å². The van der Waals surface area contributed by atoms with Crippen molar-refractivity contribution >= 4 is 43.6 Å². The van der Waals surface area contributed by atoms with Crippen molar-refractivity contribution in [1.82, 2.24) is 24.1 Å². The van der Waals surface area contributed by atoms with E-state index in [1.807, 2.05) is 18.2 Å². The number of nitrogens with zero attached hydrogens (tertiary/aromatic N) is 5. The van der Waals surface area contributed by atoms with Crippen LogP contribution in [-0.2, 0) is 5.41 Å². The number of fused-ring (bicyclic) bond motifs is 9. The number of aromatic nitrogens is 5. The summed E-state index contributed by atoms with van der Waals surface area (Å²) in [6.07, 6.45) is 0. The normalized spacial score (nSPS) is 12.9. The van der Waals surface area contributed by atoms with Crippen molar-refractivity contribution in [3.05, 3.63) is 223 Å². The van der Waals surface area contributed by atoms with Crippen LogP contribution < -0.4 is 0 Å². The summed E-state index contributed by atoms with van der Waals surface area (Å²) in [5, 5.41) is 4.87. The van der Waals surface area contributed by atoms with Crippen LogP contribution in [0.2, 0.25) is 0 Å². The molecule has 0 aliphatic heterocycles. The van der Waals surface area contributed by atoms with Crippen LogP contribution in [0, 0.1) is 0 Å². The van der Waals surface area contributed by atoms with Gasteiger partial charge in [0.15, 0.2) is 17.5 Å². The monoisotopic (exact) mass is 831 g/mol. The lowest BCUT2D eigenvalue weighted by Crippen LogP contribution is -2.15. The maximum absolute atomic E-state index is 5.43. The Bertz CT molecular complexity index is 3800. The first kappa shape index (κ1) is 37.2. The van der Waals surface area contributed by atoms with Crippen molar-refractivity contribution in [2.24, 2.45) is 0 Å². The maximum atomic E-state index is 5.43. The summed E-state index contributed by atoms with van der Waals surface area (Å²) in [4.78, 5) is 16.0. The molecule has 13 rings (SSSR count). The van der Waals surface area contributed by atoms with E-state index in [0.717, 1.165) is 50.2 Å². The highest BCUT2D eigenvalue weighted by molar-refractivity contribution is 6.12. The first-order valence-corrected chi connectivity index (χ1v) is 22.3. The molecule has 0 bridgehead atoms. The first-order valence-electron chi connectivity index (χ1n) is 22.3. The van der Waals surface area contributed by atoms with Gasteiger partial charge in [-0.1, -0.05) is 178 Å². The molecule has 9 aromatic carbocycles. The van der Waals surface area contributed by atoms with Crippen LogP contribution >= 0.6 is 0 Å². The van der Waals surface area contributed by atoms with Gasteiger partial charge in [0.05, 0.1) is 22.1 Å². The molecule has 0 fully saturated rings. The number of hydrogen-bond acceptors (Lipinski definition) is 3. The SMILES string of the molecule is CC1(C)c2ccccc2-c2ccc(-c3nc(-c4ccccc4)nc(-c4cc(-n5c6ccccc6c6ccc(-n7c8ccccc8c8ccccc87)cc65)ccc4-c4ccccc4)n3)cc21. The molecule has 1 aliphatic carbocycles. The molecule has 1 aliphatic rings.